The number of benzene rings is 1. The molecule has 9 nitrogen and oxygen atoms in total. The van der Waals surface area contributed by atoms with Crippen LogP contribution < -0.4 is 21.1 Å². The molecule has 0 saturated carbocycles. The lowest BCUT2D eigenvalue weighted by Gasteiger charge is -2.22. The van der Waals surface area contributed by atoms with Gasteiger partial charge in [-0.25, -0.2) is 4.39 Å². The highest BCUT2D eigenvalue weighted by molar-refractivity contribution is 7.84. The summed E-state index contributed by atoms with van der Waals surface area (Å²) in [6, 6.07) is 4.75. The predicted molar refractivity (Wildman–Crippen MR) is 112 cm³/mol. The number of nitrogens with one attached hydrogen (secondary N) is 2. The van der Waals surface area contributed by atoms with Crippen LogP contribution >= 0.6 is 0 Å². The van der Waals surface area contributed by atoms with Crippen LogP contribution in [0.1, 0.15) is 19.8 Å². The molecule has 0 amide bonds. The molecule has 1 saturated heterocycles. The molecule has 0 spiro atoms. The lowest BCUT2D eigenvalue weighted by Crippen LogP contribution is -2.35. The van der Waals surface area contributed by atoms with Crippen LogP contribution in [0.2, 0.25) is 0 Å². The van der Waals surface area contributed by atoms with E-state index in [9.17, 15) is 8.60 Å². The topological polar surface area (TPSA) is 118 Å². The summed E-state index contributed by atoms with van der Waals surface area (Å²) in [5.74, 6) is 0.0195. The maximum absolute atomic E-state index is 14.2. The zero-order valence-electron chi connectivity index (χ0n) is 16.5. The van der Waals surface area contributed by atoms with Crippen LogP contribution in [0.3, 0.4) is 0 Å². The second-order valence-electron chi connectivity index (χ2n) is 6.75. The molecule has 29 heavy (non-hydrogen) atoms. The van der Waals surface area contributed by atoms with Crippen molar-refractivity contribution in [3.8, 4) is 5.75 Å². The Balaban J connectivity index is 1.65. The van der Waals surface area contributed by atoms with Crippen molar-refractivity contribution in [1.29, 1.82) is 0 Å². The van der Waals surface area contributed by atoms with E-state index >= 15 is 0 Å². The van der Waals surface area contributed by atoms with Crippen molar-refractivity contribution in [2.45, 2.75) is 25.8 Å². The quantitative estimate of drug-likeness (QED) is 0.556. The minimum Gasteiger partial charge on any atom is -0.477 e. The highest BCUT2D eigenvalue weighted by Gasteiger charge is 2.22. The Morgan fingerprint density at radius 2 is 2.14 bits per heavy atom. The highest BCUT2D eigenvalue weighted by Crippen LogP contribution is 2.23. The third-order valence-corrected chi connectivity index (χ3v) is 5.07. The Labute approximate surface area is 171 Å². The molecule has 3 rings (SSSR count). The number of hydrogen-bond donors (Lipinski definition) is 3. The first-order valence-electron chi connectivity index (χ1n) is 9.43. The molecule has 1 aliphatic rings. The van der Waals surface area contributed by atoms with Crippen LogP contribution in [0.25, 0.3) is 0 Å². The Bertz CT molecular complexity index is 870. The molecule has 2 heterocycles. The van der Waals surface area contributed by atoms with E-state index in [2.05, 4.69) is 37.4 Å². The van der Waals surface area contributed by atoms with Gasteiger partial charge >= 0.3 is 0 Å². The zero-order chi connectivity index (χ0) is 20.8. The molecule has 4 N–H and O–H groups in total. The zero-order valence-corrected chi connectivity index (χ0v) is 17.3. The molecule has 2 unspecified atom stereocenters. The smallest absolute Gasteiger partial charge is 0.233 e. The van der Waals surface area contributed by atoms with E-state index < -0.39 is 16.6 Å². The standard InChI is InChI=1S/C18H26FN7O2S/c1-3-26-8-4-5-13(26)10-21-17-23-16(20)24-18(25-17)22-12-6-7-15(14(19)9-12)28-11-29(2)27/h6-7,9,13H,3-5,8,10-11H2,1-2H3,(H4,20,21,22,23,24,25). The van der Waals surface area contributed by atoms with Gasteiger partial charge in [0, 0.05) is 30.6 Å². The summed E-state index contributed by atoms with van der Waals surface area (Å²) in [4.78, 5) is 14.9. The first kappa shape index (κ1) is 21.2. The van der Waals surface area contributed by atoms with E-state index in [4.69, 9.17) is 10.5 Å². The molecule has 2 atom stereocenters. The molecule has 0 aliphatic carbocycles. The molecular formula is C18H26FN7O2S. The van der Waals surface area contributed by atoms with Gasteiger partial charge in [0.1, 0.15) is 0 Å². The number of nitrogen functional groups attached to an aromatic ring is 1. The largest absolute Gasteiger partial charge is 0.477 e. The summed E-state index contributed by atoms with van der Waals surface area (Å²) in [6.07, 6.45) is 3.80. The monoisotopic (exact) mass is 423 g/mol. The van der Waals surface area contributed by atoms with Crippen LogP contribution in [0, 0.1) is 5.82 Å². The molecule has 1 aliphatic heterocycles. The molecule has 11 heteroatoms. The van der Waals surface area contributed by atoms with Crippen molar-refractivity contribution in [1.82, 2.24) is 19.9 Å². The van der Waals surface area contributed by atoms with Gasteiger partial charge in [-0.1, -0.05) is 6.92 Å². The number of likely N-dealkylation sites (N-methyl/N-ethyl adjacent to an activating group) is 1. The summed E-state index contributed by atoms with van der Waals surface area (Å²) in [6.45, 7) is 4.99. The fourth-order valence-corrected chi connectivity index (χ4v) is 3.54. The first-order valence-corrected chi connectivity index (χ1v) is 11.2. The minimum atomic E-state index is -1.18. The summed E-state index contributed by atoms with van der Waals surface area (Å²) < 4.78 is 30.4. The summed E-state index contributed by atoms with van der Waals surface area (Å²) >= 11 is 0. The van der Waals surface area contributed by atoms with Gasteiger partial charge in [-0.05, 0) is 38.1 Å². The number of anilines is 4. The molecule has 1 aromatic heterocycles. The van der Waals surface area contributed by atoms with Crippen LogP contribution in [0.15, 0.2) is 18.2 Å². The second-order valence-corrected chi connectivity index (χ2v) is 8.13. The molecule has 158 valence electrons. The lowest BCUT2D eigenvalue weighted by atomic mass is 10.2. The normalized spacial score (nSPS) is 17.8. The van der Waals surface area contributed by atoms with Gasteiger partial charge in [0.25, 0.3) is 0 Å². The number of nitrogens with zero attached hydrogens (tertiary/aromatic N) is 4. The average Bonchev–Trinajstić information content (AvgIpc) is 3.13. The average molecular weight is 424 g/mol. The van der Waals surface area contributed by atoms with Crippen molar-refractivity contribution in [2.75, 3.05) is 48.2 Å². The van der Waals surface area contributed by atoms with E-state index in [1.165, 1.54) is 24.8 Å². The van der Waals surface area contributed by atoms with E-state index in [-0.39, 0.29) is 23.6 Å². The van der Waals surface area contributed by atoms with Crippen molar-refractivity contribution in [3.05, 3.63) is 24.0 Å². The second kappa shape index (κ2) is 9.79. The summed E-state index contributed by atoms with van der Waals surface area (Å²) in [5, 5.41) is 6.14. The number of ether oxygens (including phenoxy) is 1. The van der Waals surface area contributed by atoms with Gasteiger partial charge in [-0.3, -0.25) is 9.11 Å². The Morgan fingerprint density at radius 3 is 2.86 bits per heavy atom. The highest BCUT2D eigenvalue weighted by atomic mass is 32.2. The van der Waals surface area contributed by atoms with E-state index in [0.717, 1.165) is 26.1 Å². The van der Waals surface area contributed by atoms with Crippen molar-refractivity contribution in [2.24, 2.45) is 0 Å². The molecular weight excluding hydrogens is 397 g/mol. The van der Waals surface area contributed by atoms with E-state index in [1.54, 1.807) is 6.07 Å². The maximum atomic E-state index is 14.2. The van der Waals surface area contributed by atoms with Crippen LogP contribution in [0.5, 0.6) is 5.75 Å². The first-order chi connectivity index (χ1) is 13.9. The van der Waals surface area contributed by atoms with Crippen molar-refractivity contribution < 1.29 is 13.3 Å². The molecule has 0 radical (unpaired) electrons. The molecule has 2 aromatic rings. The summed E-state index contributed by atoms with van der Waals surface area (Å²) in [5.41, 5.74) is 6.22. The van der Waals surface area contributed by atoms with E-state index in [0.29, 0.717) is 17.7 Å². The lowest BCUT2D eigenvalue weighted by molar-refractivity contribution is 0.277. The predicted octanol–water partition coefficient (Wildman–Crippen LogP) is 1.95. The number of aromatic nitrogens is 3. The van der Waals surface area contributed by atoms with Crippen LogP contribution in [-0.2, 0) is 10.8 Å². The minimum absolute atomic E-state index is 0.0281. The Hall–Kier alpha value is -2.53. The number of hydrogen-bond acceptors (Lipinski definition) is 9. The third-order valence-electron chi connectivity index (χ3n) is 4.62. The van der Waals surface area contributed by atoms with Crippen molar-refractivity contribution in [3.63, 3.8) is 0 Å². The molecule has 0 bridgehead atoms. The number of halogens is 1. The molecule has 1 aromatic carbocycles. The maximum Gasteiger partial charge on any atom is 0.233 e. The molecule has 1 fully saturated rings. The number of rotatable bonds is 9. The number of nitrogens with two attached hydrogens (primary N) is 1. The van der Waals surface area contributed by atoms with Gasteiger partial charge in [0.15, 0.2) is 17.5 Å². The van der Waals surface area contributed by atoms with Gasteiger partial charge in [-0.15, -0.1) is 0 Å². The number of likely N-dealkylation sites (tertiary alicyclic amines) is 1. The summed E-state index contributed by atoms with van der Waals surface area (Å²) in [7, 11) is -1.18. The van der Waals surface area contributed by atoms with Crippen LogP contribution in [0.4, 0.5) is 27.9 Å². The van der Waals surface area contributed by atoms with Crippen LogP contribution in [-0.4, -0.2) is 61.9 Å². The third kappa shape index (κ3) is 5.97. The Morgan fingerprint density at radius 1 is 1.34 bits per heavy atom. The SMILES string of the molecule is CCN1CCCC1CNc1nc(N)nc(Nc2ccc(OCS(C)=O)c(F)c2)n1. The van der Waals surface area contributed by atoms with Gasteiger partial charge < -0.3 is 21.1 Å². The van der Waals surface area contributed by atoms with Gasteiger partial charge in [-0.2, -0.15) is 15.0 Å². The van der Waals surface area contributed by atoms with Gasteiger partial charge in [0.05, 0.1) is 10.8 Å². The fourth-order valence-electron chi connectivity index (χ4n) is 3.25. The van der Waals surface area contributed by atoms with E-state index in [1.807, 2.05) is 0 Å². The fraction of sp³-hybridized carbons (Fsp3) is 0.500. The van der Waals surface area contributed by atoms with Crippen molar-refractivity contribution >= 4 is 34.3 Å². The Kier molecular flexibility index (Phi) is 7.15. The van der Waals surface area contributed by atoms with Gasteiger partial charge in [0.2, 0.25) is 17.8 Å².